The van der Waals surface area contributed by atoms with E-state index in [9.17, 15) is 4.79 Å². The summed E-state index contributed by atoms with van der Waals surface area (Å²) in [6.45, 7) is 3.42. The summed E-state index contributed by atoms with van der Waals surface area (Å²) in [7, 11) is 1.83. The second-order valence-corrected chi connectivity index (χ2v) is 5.30. The maximum absolute atomic E-state index is 12.1. The summed E-state index contributed by atoms with van der Waals surface area (Å²) in [5, 5.41) is 0. The van der Waals surface area contributed by atoms with Crippen LogP contribution in [0.4, 0.5) is 0 Å². The van der Waals surface area contributed by atoms with Gasteiger partial charge in [-0.15, -0.1) is 0 Å². The van der Waals surface area contributed by atoms with Crippen molar-refractivity contribution in [3.05, 3.63) is 53.6 Å². The number of amides is 1. The fourth-order valence-electron chi connectivity index (χ4n) is 2.29. The van der Waals surface area contributed by atoms with Crippen molar-refractivity contribution in [2.45, 2.75) is 26.2 Å². The highest BCUT2D eigenvalue weighted by Gasteiger charge is 2.10. The minimum absolute atomic E-state index is 0.0568. The van der Waals surface area contributed by atoms with E-state index >= 15 is 0 Å². The number of hydrogen-bond acceptors (Lipinski definition) is 2. The van der Waals surface area contributed by atoms with Crippen molar-refractivity contribution in [2.24, 2.45) is 0 Å². The molecule has 0 unspecified atom stereocenters. The zero-order chi connectivity index (χ0) is 15.1. The summed E-state index contributed by atoms with van der Waals surface area (Å²) in [6.07, 6.45) is 9.66. The number of hydrogen-bond donors (Lipinski definition) is 0. The van der Waals surface area contributed by atoms with E-state index < -0.39 is 0 Å². The average molecular weight is 285 g/mol. The summed E-state index contributed by atoms with van der Waals surface area (Å²) in [5.74, 6) is 0.853. The summed E-state index contributed by atoms with van der Waals surface area (Å²) in [6, 6.07) is 7.38. The van der Waals surface area contributed by atoms with Gasteiger partial charge in [-0.05, 0) is 49.1 Å². The smallest absolute Gasteiger partial charge is 0.253 e. The predicted molar refractivity (Wildman–Crippen MR) is 85.6 cm³/mol. The van der Waals surface area contributed by atoms with Crippen LogP contribution >= 0.6 is 0 Å². The van der Waals surface area contributed by atoms with E-state index in [-0.39, 0.29) is 5.91 Å². The zero-order valence-electron chi connectivity index (χ0n) is 12.8. The van der Waals surface area contributed by atoms with Crippen molar-refractivity contribution < 1.29 is 9.53 Å². The number of allylic oxidation sites excluding steroid dienone is 2. The highest BCUT2D eigenvalue weighted by atomic mass is 16.5. The van der Waals surface area contributed by atoms with E-state index in [1.165, 1.54) is 5.57 Å². The van der Waals surface area contributed by atoms with Crippen molar-refractivity contribution >= 4 is 5.91 Å². The van der Waals surface area contributed by atoms with Gasteiger partial charge in [0.05, 0.1) is 0 Å². The van der Waals surface area contributed by atoms with E-state index in [1.54, 1.807) is 4.90 Å². The molecular formula is C18H23NO2. The van der Waals surface area contributed by atoms with Crippen LogP contribution in [0.2, 0.25) is 0 Å². The molecule has 0 spiro atoms. The molecule has 2 rings (SSSR count). The van der Waals surface area contributed by atoms with Crippen molar-refractivity contribution in [2.75, 3.05) is 20.2 Å². The molecule has 0 aliphatic heterocycles. The normalized spacial score (nSPS) is 13.7. The summed E-state index contributed by atoms with van der Waals surface area (Å²) >= 11 is 0. The van der Waals surface area contributed by atoms with Crippen LogP contribution in [0.15, 0.2) is 48.1 Å². The summed E-state index contributed by atoms with van der Waals surface area (Å²) in [5.41, 5.74) is 1.92. The molecule has 0 heterocycles. The Kier molecular flexibility index (Phi) is 5.61. The average Bonchev–Trinajstić information content (AvgIpc) is 2.54. The maximum Gasteiger partial charge on any atom is 0.253 e. The van der Waals surface area contributed by atoms with E-state index in [0.29, 0.717) is 12.2 Å². The molecule has 0 aromatic heterocycles. The highest BCUT2D eigenvalue weighted by Crippen LogP contribution is 2.16. The quantitative estimate of drug-likeness (QED) is 0.795. The standard InChI is InChI=1S/C18H23NO2/c1-3-13-19(2)18(20)16-9-11-17(12-10-16)21-14-15-7-5-4-6-8-15/h5,7-12H,3-4,6,13-14H2,1-2H3. The van der Waals surface area contributed by atoms with E-state index in [4.69, 9.17) is 4.74 Å². The van der Waals surface area contributed by atoms with Gasteiger partial charge in [-0.3, -0.25) is 4.79 Å². The molecular weight excluding hydrogens is 262 g/mol. The van der Waals surface area contributed by atoms with Crippen LogP contribution in [0.5, 0.6) is 5.75 Å². The molecule has 0 bridgehead atoms. The van der Waals surface area contributed by atoms with E-state index in [1.807, 2.05) is 31.3 Å². The van der Waals surface area contributed by atoms with Gasteiger partial charge in [0.2, 0.25) is 0 Å². The Morgan fingerprint density at radius 2 is 2.00 bits per heavy atom. The van der Waals surface area contributed by atoms with Crippen molar-refractivity contribution in [1.29, 1.82) is 0 Å². The van der Waals surface area contributed by atoms with Crippen LogP contribution in [0.25, 0.3) is 0 Å². The van der Waals surface area contributed by atoms with Crippen molar-refractivity contribution in [1.82, 2.24) is 4.90 Å². The SMILES string of the molecule is CCCN(C)C(=O)c1ccc(OCC2=CCCC=C2)cc1. The van der Waals surface area contributed by atoms with Gasteiger partial charge in [0.25, 0.3) is 5.91 Å². The predicted octanol–water partition coefficient (Wildman–Crippen LogP) is 3.82. The lowest BCUT2D eigenvalue weighted by molar-refractivity contribution is 0.0795. The molecule has 1 aromatic rings. The summed E-state index contributed by atoms with van der Waals surface area (Å²) in [4.78, 5) is 13.9. The van der Waals surface area contributed by atoms with Gasteiger partial charge < -0.3 is 9.64 Å². The molecule has 0 fully saturated rings. The number of nitrogens with zero attached hydrogens (tertiary/aromatic N) is 1. The van der Waals surface area contributed by atoms with Gasteiger partial charge in [-0.25, -0.2) is 0 Å². The topological polar surface area (TPSA) is 29.5 Å². The number of rotatable bonds is 6. The number of benzene rings is 1. The Bertz CT molecular complexity index is 529. The molecule has 3 nitrogen and oxygen atoms in total. The molecule has 0 saturated heterocycles. The van der Waals surface area contributed by atoms with Gasteiger partial charge >= 0.3 is 0 Å². The van der Waals surface area contributed by atoms with Gasteiger partial charge in [-0.2, -0.15) is 0 Å². The third kappa shape index (κ3) is 4.48. The van der Waals surface area contributed by atoms with Crippen LogP contribution in [0, 0.1) is 0 Å². The van der Waals surface area contributed by atoms with Gasteiger partial charge in [-0.1, -0.05) is 25.2 Å². The summed E-state index contributed by atoms with van der Waals surface area (Å²) < 4.78 is 5.74. The second kappa shape index (κ2) is 7.67. The molecule has 1 amide bonds. The Balaban J connectivity index is 1.91. The minimum atomic E-state index is 0.0568. The zero-order valence-corrected chi connectivity index (χ0v) is 12.8. The Labute approximate surface area is 126 Å². The molecule has 112 valence electrons. The molecule has 0 N–H and O–H groups in total. The third-order valence-electron chi connectivity index (χ3n) is 3.48. The first-order valence-corrected chi connectivity index (χ1v) is 7.54. The first kappa shape index (κ1) is 15.4. The van der Waals surface area contributed by atoms with Crippen molar-refractivity contribution in [3.63, 3.8) is 0 Å². The largest absolute Gasteiger partial charge is 0.489 e. The van der Waals surface area contributed by atoms with Crippen LogP contribution in [0.3, 0.4) is 0 Å². The number of carbonyl (C=O) groups is 1. The lowest BCUT2D eigenvalue weighted by atomic mass is 10.1. The first-order chi connectivity index (χ1) is 10.2. The maximum atomic E-state index is 12.1. The monoisotopic (exact) mass is 285 g/mol. The Hall–Kier alpha value is -2.03. The minimum Gasteiger partial charge on any atom is -0.489 e. The molecule has 3 heteroatoms. The fraction of sp³-hybridized carbons (Fsp3) is 0.389. The lowest BCUT2D eigenvalue weighted by Gasteiger charge is -2.16. The van der Waals surface area contributed by atoms with Crippen LogP contribution in [0.1, 0.15) is 36.5 Å². The molecule has 1 aromatic carbocycles. The lowest BCUT2D eigenvalue weighted by Crippen LogP contribution is -2.27. The molecule has 21 heavy (non-hydrogen) atoms. The number of ether oxygens (including phenoxy) is 1. The van der Waals surface area contributed by atoms with Gasteiger partial charge in [0.15, 0.2) is 0 Å². The van der Waals surface area contributed by atoms with Gasteiger partial charge in [0.1, 0.15) is 12.4 Å². The Morgan fingerprint density at radius 3 is 2.62 bits per heavy atom. The van der Waals surface area contributed by atoms with E-state index in [0.717, 1.165) is 31.6 Å². The molecule has 0 atom stereocenters. The molecule has 0 radical (unpaired) electrons. The number of carbonyl (C=O) groups excluding carboxylic acids is 1. The van der Waals surface area contributed by atoms with Crippen molar-refractivity contribution in [3.8, 4) is 5.75 Å². The first-order valence-electron chi connectivity index (χ1n) is 7.54. The second-order valence-electron chi connectivity index (χ2n) is 5.30. The highest BCUT2D eigenvalue weighted by molar-refractivity contribution is 5.94. The Morgan fingerprint density at radius 1 is 1.24 bits per heavy atom. The third-order valence-corrected chi connectivity index (χ3v) is 3.48. The molecule has 1 aliphatic carbocycles. The van der Waals surface area contributed by atoms with Gasteiger partial charge in [0, 0.05) is 19.2 Å². The fourth-order valence-corrected chi connectivity index (χ4v) is 2.29. The van der Waals surface area contributed by atoms with Crippen LogP contribution in [-0.2, 0) is 0 Å². The molecule has 1 aliphatic rings. The molecule has 0 saturated carbocycles. The van der Waals surface area contributed by atoms with Crippen LogP contribution in [-0.4, -0.2) is 31.0 Å². The van der Waals surface area contributed by atoms with E-state index in [2.05, 4.69) is 25.2 Å². The van der Waals surface area contributed by atoms with Crippen LogP contribution < -0.4 is 4.74 Å².